The predicted octanol–water partition coefficient (Wildman–Crippen LogP) is 3.13. The second-order valence-corrected chi connectivity index (χ2v) is 5.02. The van der Waals surface area contributed by atoms with Gasteiger partial charge in [0.25, 0.3) is 5.91 Å². The van der Waals surface area contributed by atoms with Crippen molar-refractivity contribution in [1.29, 1.82) is 0 Å². The van der Waals surface area contributed by atoms with Crippen LogP contribution in [-0.2, 0) is 0 Å². The summed E-state index contributed by atoms with van der Waals surface area (Å²) in [5, 5.41) is 3.65. The zero-order chi connectivity index (χ0) is 13.2. The third-order valence-electron chi connectivity index (χ3n) is 2.74. The van der Waals surface area contributed by atoms with Crippen LogP contribution < -0.4 is 11.1 Å². The van der Waals surface area contributed by atoms with E-state index in [2.05, 4.69) is 10.3 Å². The fraction of sp³-hybridized carbons (Fsp3) is 0. The van der Waals surface area contributed by atoms with Crippen molar-refractivity contribution < 1.29 is 4.79 Å². The molecule has 0 atom stereocenters. The summed E-state index contributed by atoms with van der Waals surface area (Å²) in [4.78, 5) is 17.7. The number of anilines is 2. The predicted molar refractivity (Wildman–Crippen MR) is 78.4 cm³/mol. The number of benzene rings is 1. The smallest absolute Gasteiger partial charge is 0.267 e. The lowest BCUT2D eigenvalue weighted by Crippen LogP contribution is -2.11. The van der Waals surface area contributed by atoms with Gasteiger partial charge in [0.2, 0.25) is 0 Å². The Hall–Kier alpha value is -2.40. The lowest BCUT2D eigenvalue weighted by Gasteiger charge is -2.03. The number of hydrogen-bond donors (Lipinski definition) is 2. The number of pyridine rings is 1. The molecule has 0 spiro atoms. The van der Waals surface area contributed by atoms with Crippen LogP contribution in [0, 0.1) is 0 Å². The molecule has 1 amide bonds. The van der Waals surface area contributed by atoms with E-state index in [9.17, 15) is 4.79 Å². The van der Waals surface area contributed by atoms with Crippen LogP contribution in [-0.4, -0.2) is 10.9 Å². The number of rotatable bonds is 2. The van der Waals surface area contributed by atoms with Crippen molar-refractivity contribution in [3.05, 3.63) is 53.5 Å². The van der Waals surface area contributed by atoms with E-state index in [1.54, 1.807) is 6.20 Å². The lowest BCUT2D eigenvalue weighted by molar-refractivity contribution is 0.103. The average Bonchev–Trinajstić information content (AvgIpc) is 2.78. The first-order valence-electron chi connectivity index (χ1n) is 5.75. The first-order valence-corrected chi connectivity index (χ1v) is 6.57. The van der Waals surface area contributed by atoms with Crippen molar-refractivity contribution in [3.63, 3.8) is 0 Å². The average molecular weight is 269 g/mol. The maximum absolute atomic E-state index is 12.2. The van der Waals surface area contributed by atoms with Crippen LogP contribution >= 0.6 is 11.3 Å². The molecular weight excluding hydrogens is 258 g/mol. The Kier molecular flexibility index (Phi) is 2.89. The highest BCUT2D eigenvalue weighted by molar-refractivity contribution is 7.21. The van der Waals surface area contributed by atoms with Crippen LogP contribution in [0.25, 0.3) is 10.2 Å². The molecule has 0 aliphatic heterocycles. The molecule has 3 N–H and O–H groups in total. The molecule has 0 bridgehead atoms. The Morgan fingerprint density at radius 2 is 1.95 bits per heavy atom. The van der Waals surface area contributed by atoms with Crippen LogP contribution in [0.15, 0.2) is 48.7 Å². The first-order chi connectivity index (χ1) is 9.25. The zero-order valence-electron chi connectivity index (χ0n) is 9.96. The van der Waals surface area contributed by atoms with Gasteiger partial charge in [-0.3, -0.25) is 4.79 Å². The Labute approximate surface area is 113 Å². The van der Waals surface area contributed by atoms with E-state index in [-0.39, 0.29) is 5.91 Å². The molecule has 0 saturated carbocycles. The van der Waals surface area contributed by atoms with Gasteiger partial charge in [-0.2, -0.15) is 0 Å². The van der Waals surface area contributed by atoms with Gasteiger partial charge < -0.3 is 11.1 Å². The van der Waals surface area contributed by atoms with Crippen LogP contribution in [0.3, 0.4) is 0 Å². The van der Waals surface area contributed by atoms with Crippen LogP contribution in [0.2, 0.25) is 0 Å². The number of amides is 1. The van der Waals surface area contributed by atoms with E-state index in [0.717, 1.165) is 15.9 Å². The van der Waals surface area contributed by atoms with E-state index < -0.39 is 0 Å². The fourth-order valence-electron chi connectivity index (χ4n) is 1.83. The van der Waals surface area contributed by atoms with Gasteiger partial charge in [-0.05, 0) is 24.3 Å². The summed E-state index contributed by atoms with van der Waals surface area (Å²) >= 11 is 1.30. The number of hydrogen-bond acceptors (Lipinski definition) is 4. The van der Waals surface area contributed by atoms with E-state index in [4.69, 9.17) is 5.73 Å². The van der Waals surface area contributed by atoms with Crippen molar-refractivity contribution in [2.24, 2.45) is 0 Å². The van der Waals surface area contributed by atoms with Crippen molar-refractivity contribution in [3.8, 4) is 0 Å². The standard InChI is InChI=1S/C14H11N3OS/c15-11-10-7-4-8-16-14(10)19-12(11)13(18)17-9-5-2-1-3-6-9/h1-8H,15H2,(H,17,18). The highest BCUT2D eigenvalue weighted by Crippen LogP contribution is 2.32. The van der Waals surface area contributed by atoms with Crippen molar-refractivity contribution in [1.82, 2.24) is 4.98 Å². The van der Waals surface area contributed by atoms with E-state index in [0.29, 0.717) is 10.6 Å². The number of fused-ring (bicyclic) bond motifs is 1. The number of nitrogens with one attached hydrogen (secondary N) is 1. The maximum Gasteiger partial charge on any atom is 0.267 e. The number of nitrogen functional groups attached to an aromatic ring is 1. The molecule has 1 aromatic carbocycles. The summed E-state index contributed by atoms with van der Waals surface area (Å²) < 4.78 is 0. The second-order valence-electron chi connectivity index (χ2n) is 4.02. The normalized spacial score (nSPS) is 10.5. The highest BCUT2D eigenvalue weighted by Gasteiger charge is 2.16. The number of thiophene rings is 1. The Morgan fingerprint density at radius 1 is 1.16 bits per heavy atom. The maximum atomic E-state index is 12.2. The first kappa shape index (κ1) is 11.7. The molecule has 2 heterocycles. The largest absolute Gasteiger partial charge is 0.397 e. The van der Waals surface area contributed by atoms with Gasteiger partial charge in [-0.15, -0.1) is 11.3 Å². The number of aromatic nitrogens is 1. The zero-order valence-corrected chi connectivity index (χ0v) is 10.8. The molecule has 3 rings (SSSR count). The number of nitrogens with two attached hydrogens (primary N) is 1. The molecule has 0 aliphatic carbocycles. The molecule has 19 heavy (non-hydrogen) atoms. The van der Waals surface area contributed by atoms with E-state index in [1.807, 2.05) is 42.5 Å². The Morgan fingerprint density at radius 3 is 2.68 bits per heavy atom. The second kappa shape index (κ2) is 4.70. The molecule has 4 nitrogen and oxygen atoms in total. The summed E-state index contributed by atoms with van der Waals surface area (Å²) in [7, 11) is 0. The van der Waals surface area contributed by atoms with Gasteiger partial charge in [0.1, 0.15) is 9.71 Å². The fourth-order valence-corrected chi connectivity index (χ4v) is 2.79. The lowest BCUT2D eigenvalue weighted by atomic mass is 10.2. The quantitative estimate of drug-likeness (QED) is 0.751. The molecule has 3 aromatic rings. The van der Waals surface area contributed by atoms with Gasteiger partial charge in [0.05, 0.1) is 5.69 Å². The molecule has 0 unspecified atom stereocenters. The molecule has 2 aromatic heterocycles. The third-order valence-corrected chi connectivity index (χ3v) is 3.87. The van der Waals surface area contributed by atoms with Crippen LogP contribution in [0.4, 0.5) is 11.4 Å². The number of nitrogens with zero attached hydrogens (tertiary/aromatic N) is 1. The molecule has 0 radical (unpaired) electrons. The minimum absolute atomic E-state index is 0.202. The minimum atomic E-state index is -0.202. The molecule has 0 saturated heterocycles. The summed E-state index contributed by atoms with van der Waals surface area (Å²) in [6.45, 7) is 0. The number of carbonyl (C=O) groups excluding carboxylic acids is 1. The number of para-hydroxylation sites is 1. The van der Waals surface area contributed by atoms with Gasteiger partial charge in [-0.25, -0.2) is 4.98 Å². The summed E-state index contributed by atoms with van der Waals surface area (Å²) in [6.07, 6.45) is 1.69. The summed E-state index contributed by atoms with van der Waals surface area (Å²) in [5.41, 5.74) is 7.24. The topological polar surface area (TPSA) is 68.0 Å². The van der Waals surface area contributed by atoms with Crippen LogP contribution in [0.1, 0.15) is 9.67 Å². The summed E-state index contributed by atoms with van der Waals surface area (Å²) in [5.74, 6) is -0.202. The van der Waals surface area contributed by atoms with Crippen molar-refractivity contribution in [2.75, 3.05) is 11.1 Å². The van der Waals surface area contributed by atoms with Gasteiger partial charge in [0, 0.05) is 17.3 Å². The van der Waals surface area contributed by atoms with Gasteiger partial charge in [0.15, 0.2) is 0 Å². The monoisotopic (exact) mass is 269 g/mol. The third kappa shape index (κ3) is 2.15. The Bertz CT molecular complexity index is 737. The van der Waals surface area contributed by atoms with Gasteiger partial charge in [-0.1, -0.05) is 18.2 Å². The Balaban J connectivity index is 1.96. The van der Waals surface area contributed by atoms with Crippen molar-refractivity contribution in [2.45, 2.75) is 0 Å². The highest BCUT2D eigenvalue weighted by atomic mass is 32.1. The SMILES string of the molecule is Nc1c(C(=O)Nc2ccccc2)sc2ncccc12. The van der Waals surface area contributed by atoms with E-state index in [1.165, 1.54) is 11.3 Å². The van der Waals surface area contributed by atoms with Crippen LogP contribution in [0.5, 0.6) is 0 Å². The van der Waals surface area contributed by atoms with Gasteiger partial charge >= 0.3 is 0 Å². The van der Waals surface area contributed by atoms with E-state index >= 15 is 0 Å². The number of carbonyl (C=O) groups is 1. The molecule has 0 aliphatic rings. The minimum Gasteiger partial charge on any atom is -0.397 e. The molecular formula is C14H11N3OS. The van der Waals surface area contributed by atoms with Crippen molar-refractivity contribution >= 4 is 38.8 Å². The summed E-state index contributed by atoms with van der Waals surface area (Å²) in [6, 6.07) is 13.0. The molecule has 0 fully saturated rings. The molecule has 5 heteroatoms. The molecule has 94 valence electrons.